The van der Waals surface area contributed by atoms with Gasteiger partial charge in [-0.3, -0.25) is 5.10 Å². The Morgan fingerprint density at radius 3 is 2.75 bits per heavy atom. The molecule has 1 N–H and O–H groups in total. The van der Waals surface area contributed by atoms with Gasteiger partial charge in [0.2, 0.25) is 0 Å². The van der Waals surface area contributed by atoms with Crippen molar-refractivity contribution in [2.24, 2.45) is 5.92 Å². The van der Waals surface area contributed by atoms with Crippen molar-refractivity contribution in [3.05, 3.63) is 41.7 Å². The van der Waals surface area contributed by atoms with E-state index in [9.17, 15) is 8.78 Å². The minimum atomic E-state index is -0.537. The molecule has 5 heteroatoms. The number of rotatable bonds is 5. The van der Waals surface area contributed by atoms with Crippen molar-refractivity contribution in [2.75, 3.05) is 19.6 Å². The number of aromatic nitrogens is 2. The highest BCUT2D eigenvalue weighted by Crippen LogP contribution is 2.35. The Morgan fingerprint density at radius 1 is 1.29 bits per heavy atom. The maximum absolute atomic E-state index is 14.2. The Morgan fingerprint density at radius 2 is 2.04 bits per heavy atom. The molecule has 1 fully saturated rings. The summed E-state index contributed by atoms with van der Waals surface area (Å²) in [6, 6.07) is 3.98. The molecule has 0 bridgehead atoms. The van der Waals surface area contributed by atoms with Crippen LogP contribution in [0.2, 0.25) is 0 Å². The van der Waals surface area contributed by atoms with Gasteiger partial charge in [0.25, 0.3) is 0 Å². The molecular formula is C19H25F2N3. The van der Waals surface area contributed by atoms with Gasteiger partial charge in [-0.2, -0.15) is 5.10 Å². The van der Waals surface area contributed by atoms with Crippen LogP contribution in [0, 0.1) is 17.6 Å². The minimum Gasteiger partial charge on any atom is -0.303 e. The van der Waals surface area contributed by atoms with E-state index < -0.39 is 11.6 Å². The van der Waals surface area contributed by atoms with E-state index in [2.05, 4.69) is 28.9 Å². The van der Waals surface area contributed by atoms with Crippen molar-refractivity contribution < 1.29 is 8.78 Å². The number of aromatic amines is 1. The summed E-state index contributed by atoms with van der Waals surface area (Å²) in [7, 11) is 0. The first-order valence-corrected chi connectivity index (χ1v) is 8.76. The minimum absolute atomic E-state index is 0.0283. The summed E-state index contributed by atoms with van der Waals surface area (Å²) in [6.45, 7) is 7.55. The zero-order valence-electron chi connectivity index (χ0n) is 14.4. The molecule has 0 spiro atoms. The summed E-state index contributed by atoms with van der Waals surface area (Å²) >= 11 is 0. The molecular weight excluding hydrogens is 308 g/mol. The second-order valence-electron chi connectivity index (χ2n) is 7.12. The average Bonchev–Trinajstić information content (AvgIpc) is 3.02. The summed E-state index contributed by atoms with van der Waals surface area (Å²) in [5.41, 5.74) is 1.44. The molecule has 0 radical (unpaired) electrons. The number of hydrogen-bond acceptors (Lipinski definition) is 2. The summed E-state index contributed by atoms with van der Waals surface area (Å²) in [5.74, 6) is -0.154. The van der Waals surface area contributed by atoms with Gasteiger partial charge < -0.3 is 4.90 Å². The lowest BCUT2D eigenvalue weighted by Gasteiger charge is -2.33. The number of likely N-dealkylation sites (tertiary alicyclic amines) is 1. The lowest BCUT2D eigenvalue weighted by Crippen LogP contribution is -2.35. The van der Waals surface area contributed by atoms with Gasteiger partial charge in [0.1, 0.15) is 11.6 Å². The average molecular weight is 333 g/mol. The van der Waals surface area contributed by atoms with E-state index in [0.717, 1.165) is 38.2 Å². The fraction of sp³-hybridized carbons (Fsp3) is 0.526. The SMILES string of the molecule is CC(C)CCN1CCCC(c2[nH]ncc2-c2c(F)cccc2F)C1. The zero-order valence-corrected chi connectivity index (χ0v) is 14.4. The number of piperidine rings is 1. The Kier molecular flexibility index (Phi) is 5.29. The molecule has 2 heterocycles. The van der Waals surface area contributed by atoms with Crippen molar-refractivity contribution in [1.82, 2.24) is 15.1 Å². The summed E-state index contributed by atoms with van der Waals surface area (Å²) in [5, 5.41) is 7.08. The quantitative estimate of drug-likeness (QED) is 0.868. The van der Waals surface area contributed by atoms with Crippen molar-refractivity contribution in [3.8, 4) is 11.1 Å². The van der Waals surface area contributed by atoms with Crippen LogP contribution in [0.4, 0.5) is 8.78 Å². The van der Waals surface area contributed by atoms with Crippen molar-refractivity contribution >= 4 is 0 Å². The molecule has 0 aliphatic carbocycles. The molecule has 0 saturated carbocycles. The first-order valence-electron chi connectivity index (χ1n) is 8.76. The van der Waals surface area contributed by atoms with E-state index in [-0.39, 0.29) is 11.5 Å². The maximum atomic E-state index is 14.2. The smallest absolute Gasteiger partial charge is 0.134 e. The van der Waals surface area contributed by atoms with Gasteiger partial charge in [0.05, 0.1) is 11.8 Å². The second kappa shape index (κ2) is 7.43. The van der Waals surface area contributed by atoms with Gasteiger partial charge in [-0.15, -0.1) is 0 Å². The molecule has 2 aromatic rings. The molecule has 1 aliphatic rings. The van der Waals surface area contributed by atoms with Crippen LogP contribution in [0.1, 0.15) is 44.7 Å². The number of hydrogen-bond donors (Lipinski definition) is 1. The lowest BCUT2D eigenvalue weighted by atomic mass is 9.90. The van der Waals surface area contributed by atoms with Crippen LogP contribution in [0.25, 0.3) is 11.1 Å². The van der Waals surface area contributed by atoms with Crippen LogP contribution in [0.15, 0.2) is 24.4 Å². The van der Waals surface area contributed by atoms with Gasteiger partial charge in [0, 0.05) is 23.7 Å². The highest BCUT2D eigenvalue weighted by molar-refractivity contribution is 5.67. The molecule has 3 rings (SSSR count). The second-order valence-corrected chi connectivity index (χ2v) is 7.12. The first-order chi connectivity index (χ1) is 11.6. The highest BCUT2D eigenvalue weighted by atomic mass is 19.1. The van der Waals surface area contributed by atoms with E-state index >= 15 is 0 Å². The van der Waals surface area contributed by atoms with Crippen LogP contribution in [-0.4, -0.2) is 34.7 Å². The van der Waals surface area contributed by atoms with Gasteiger partial charge in [0.15, 0.2) is 0 Å². The molecule has 1 aromatic heterocycles. The third-order valence-electron chi connectivity index (χ3n) is 4.84. The predicted molar refractivity (Wildman–Crippen MR) is 91.8 cm³/mol. The summed E-state index contributed by atoms with van der Waals surface area (Å²) < 4.78 is 28.3. The number of nitrogens with one attached hydrogen (secondary N) is 1. The van der Waals surface area contributed by atoms with E-state index in [0.29, 0.717) is 11.5 Å². The third kappa shape index (κ3) is 3.66. The van der Waals surface area contributed by atoms with Crippen molar-refractivity contribution in [3.63, 3.8) is 0 Å². The molecule has 3 nitrogen and oxygen atoms in total. The molecule has 0 amide bonds. The van der Waals surface area contributed by atoms with E-state index in [1.165, 1.54) is 24.6 Å². The maximum Gasteiger partial charge on any atom is 0.134 e. The molecule has 1 atom stereocenters. The van der Waals surface area contributed by atoms with Crippen LogP contribution in [0.5, 0.6) is 0 Å². The number of benzene rings is 1. The largest absolute Gasteiger partial charge is 0.303 e. The number of halogens is 2. The molecule has 130 valence electrons. The Bertz CT molecular complexity index is 661. The van der Waals surface area contributed by atoms with Crippen LogP contribution in [0.3, 0.4) is 0 Å². The van der Waals surface area contributed by atoms with E-state index in [4.69, 9.17) is 0 Å². The van der Waals surface area contributed by atoms with Gasteiger partial charge >= 0.3 is 0 Å². The number of H-pyrrole nitrogens is 1. The first kappa shape index (κ1) is 17.1. The lowest BCUT2D eigenvalue weighted by molar-refractivity contribution is 0.196. The predicted octanol–water partition coefficient (Wildman–Crippen LogP) is 4.58. The molecule has 1 saturated heterocycles. The highest BCUT2D eigenvalue weighted by Gasteiger charge is 2.26. The Hall–Kier alpha value is -1.75. The monoisotopic (exact) mass is 333 g/mol. The summed E-state index contributed by atoms with van der Waals surface area (Å²) in [4.78, 5) is 2.45. The Balaban J connectivity index is 1.82. The fourth-order valence-electron chi connectivity index (χ4n) is 3.50. The van der Waals surface area contributed by atoms with Crippen LogP contribution in [-0.2, 0) is 0 Å². The summed E-state index contributed by atoms with van der Waals surface area (Å²) in [6.07, 6.45) is 4.83. The zero-order chi connectivity index (χ0) is 17.1. The standard InChI is InChI=1S/C19H25F2N3/c1-13(2)8-10-24-9-4-5-14(12-24)19-15(11-22-23-19)18-16(20)6-3-7-17(18)21/h3,6-7,11,13-14H,4-5,8-10,12H2,1-2H3,(H,22,23). The Labute approximate surface area is 142 Å². The van der Waals surface area contributed by atoms with Gasteiger partial charge in [-0.05, 0) is 50.4 Å². The topological polar surface area (TPSA) is 31.9 Å². The molecule has 1 unspecified atom stereocenters. The molecule has 24 heavy (non-hydrogen) atoms. The third-order valence-corrected chi connectivity index (χ3v) is 4.84. The van der Waals surface area contributed by atoms with Crippen LogP contribution >= 0.6 is 0 Å². The van der Waals surface area contributed by atoms with E-state index in [1.807, 2.05) is 0 Å². The van der Waals surface area contributed by atoms with Gasteiger partial charge in [-0.25, -0.2) is 8.78 Å². The molecule has 1 aromatic carbocycles. The van der Waals surface area contributed by atoms with E-state index in [1.54, 1.807) is 6.20 Å². The fourth-order valence-corrected chi connectivity index (χ4v) is 3.50. The van der Waals surface area contributed by atoms with Crippen molar-refractivity contribution in [2.45, 2.75) is 39.0 Å². The molecule has 1 aliphatic heterocycles. The van der Waals surface area contributed by atoms with Crippen LogP contribution < -0.4 is 0 Å². The normalized spacial score (nSPS) is 19.1. The number of nitrogens with zero attached hydrogens (tertiary/aromatic N) is 2. The van der Waals surface area contributed by atoms with Gasteiger partial charge in [-0.1, -0.05) is 19.9 Å². The van der Waals surface area contributed by atoms with Crippen molar-refractivity contribution in [1.29, 1.82) is 0 Å².